The first kappa shape index (κ1) is 16.5. The molecule has 0 bridgehead atoms. The zero-order valence-electron chi connectivity index (χ0n) is 12.0. The maximum absolute atomic E-state index is 12.1. The molecule has 0 saturated carbocycles. The fraction of sp³-hybridized carbons (Fsp3) is 0.400. The van der Waals surface area contributed by atoms with Crippen LogP contribution in [0.1, 0.15) is 23.2 Å². The highest BCUT2D eigenvalue weighted by Gasteiger charge is 2.27. The normalized spacial score (nSPS) is 17.9. The number of carbonyl (C=O) groups is 3. The maximum atomic E-state index is 12.1. The highest BCUT2D eigenvalue weighted by molar-refractivity contribution is 9.10. The number of hydrogen-bond acceptors (Lipinski definition) is 4. The van der Waals surface area contributed by atoms with Gasteiger partial charge in [-0.3, -0.25) is 9.59 Å². The van der Waals surface area contributed by atoms with Crippen LogP contribution in [-0.2, 0) is 14.3 Å². The van der Waals surface area contributed by atoms with E-state index in [0.29, 0.717) is 25.1 Å². The third kappa shape index (κ3) is 4.30. The van der Waals surface area contributed by atoms with E-state index in [9.17, 15) is 14.4 Å². The first-order valence-electron chi connectivity index (χ1n) is 6.97. The molecule has 118 valence electrons. The Balaban J connectivity index is 1.87. The van der Waals surface area contributed by atoms with Gasteiger partial charge in [-0.2, -0.15) is 0 Å². The number of benzene rings is 1. The molecule has 1 aliphatic rings. The number of hydrogen-bond donors (Lipinski definition) is 1. The standard InChI is InChI=1S/C15H17BrN2O4/c16-12-5-1-3-10(7-12)15(21)22-9-13(19)18-6-2-4-11(8-18)14(17)20/h1,3,5,7,11H,2,4,6,8-9H2,(H2,17,20)/t11-/m1/s1. The van der Waals surface area contributed by atoms with E-state index in [-0.39, 0.29) is 18.4 Å². The molecule has 1 atom stereocenters. The molecule has 1 saturated heterocycles. The monoisotopic (exact) mass is 368 g/mol. The molecule has 1 heterocycles. The van der Waals surface area contributed by atoms with Gasteiger partial charge in [-0.25, -0.2) is 4.79 Å². The molecule has 1 aromatic carbocycles. The topological polar surface area (TPSA) is 89.7 Å². The van der Waals surface area contributed by atoms with Crippen molar-refractivity contribution < 1.29 is 19.1 Å². The maximum Gasteiger partial charge on any atom is 0.338 e. The Hall–Kier alpha value is -1.89. The summed E-state index contributed by atoms with van der Waals surface area (Å²) in [5.41, 5.74) is 5.65. The van der Waals surface area contributed by atoms with Crippen molar-refractivity contribution in [3.8, 4) is 0 Å². The Morgan fingerprint density at radius 3 is 2.82 bits per heavy atom. The van der Waals surface area contributed by atoms with Crippen LogP contribution < -0.4 is 5.73 Å². The zero-order valence-corrected chi connectivity index (χ0v) is 13.5. The van der Waals surface area contributed by atoms with Gasteiger partial charge in [0.15, 0.2) is 6.61 Å². The number of carbonyl (C=O) groups excluding carboxylic acids is 3. The second kappa shape index (κ2) is 7.40. The third-order valence-electron chi connectivity index (χ3n) is 3.56. The van der Waals surface area contributed by atoms with Gasteiger partial charge >= 0.3 is 5.97 Å². The van der Waals surface area contributed by atoms with Crippen LogP contribution in [0.5, 0.6) is 0 Å². The molecule has 0 spiro atoms. The number of rotatable bonds is 4. The number of esters is 1. The Labute approximate surface area is 136 Å². The Bertz CT molecular complexity index is 591. The number of likely N-dealkylation sites (tertiary alicyclic amines) is 1. The van der Waals surface area contributed by atoms with Gasteiger partial charge < -0.3 is 15.4 Å². The molecule has 1 aromatic rings. The molecule has 1 fully saturated rings. The Morgan fingerprint density at radius 2 is 2.14 bits per heavy atom. The summed E-state index contributed by atoms with van der Waals surface area (Å²) in [4.78, 5) is 36.6. The van der Waals surface area contributed by atoms with Crippen LogP contribution in [-0.4, -0.2) is 42.4 Å². The molecule has 0 aromatic heterocycles. The molecule has 2 rings (SSSR count). The van der Waals surface area contributed by atoms with Crippen molar-refractivity contribution in [2.24, 2.45) is 11.7 Å². The summed E-state index contributed by atoms with van der Waals surface area (Å²) in [6.07, 6.45) is 1.41. The van der Waals surface area contributed by atoms with Crippen molar-refractivity contribution in [3.05, 3.63) is 34.3 Å². The smallest absolute Gasteiger partial charge is 0.338 e. The van der Waals surface area contributed by atoms with Gasteiger partial charge in [-0.1, -0.05) is 22.0 Å². The highest BCUT2D eigenvalue weighted by Crippen LogP contribution is 2.16. The van der Waals surface area contributed by atoms with E-state index in [0.717, 1.165) is 10.9 Å². The number of nitrogens with zero attached hydrogens (tertiary/aromatic N) is 1. The van der Waals surface area contributed by atoms with Gasteiger partial charge in [0.1, 0.15) is 0 Å². The summed E-state index contributed by atoms with van der Waals surface area (Å²) in [6.45, 7) is 0.510. The average molecular weight is 369 g/mol. The minimum atomic E-state index is -0.557. The van der Waals surface area contributed by atoms with Crippen LogP contribution in [0.3, 0.4) is 0 Å². The summed E-state index contributed by atoms with van der Waals surface area (Å²) in [7, 11) is 0. The van der Waals surface area contributed by atoms with Gasteiger partial charge in [-0.05, 0) is 31.0 Å². The summed E-state index contributed by atoms with van der Waals surface area (Å²) in [6, 6.07) is 6.74. The number of piperidine rings is 1. The number of amides is 2. The molecule has 1 aliphatic heterocycles. The van der Waals surface area contributed by atoms with Crippen LogP contribution >= 0.6 is 15.9 Å². The van der Waals surface area contributed by atoms with E-state index in [2.05, 4.69) is 15.9 Å². The lowest BCUT2D eigenvalue weighted by atomic mass is 9.97. The van der Waals surface area contributed by atoms with Gasteiger partial charge in [0.05, 0.1) is 11.5 Å². The quantitative estimate of drug-likeness (QED) is 0.811. The number of halogens is 1. The van der Waals surface area contributed by atoms with E-state index in [1.54, 1.807) is 24.3 Å². The first-order chi connectivity index (χ1) is 10.5. The molecule has 0 unspecified atom stereocenters. The third-order valence-corrected chi connectivity index (χ3v) is 4.06. The second-order valence-corrected chi connectivity index (χ2v) is 6.08. The fourth-order valence-electron chi connectivity index (χ4n) is 2.35. The average Bonchev–Trinajstić information content (AvgIpc) is 2.52. The van der Waals surface area contributed by atoms with Gasteiger partial charge in [0, 0.05) is 17.6 Å². The summed E-state index contributed by atoms with van der Waals surface area (Å²) < 4.78 is 5.78. The van der Waals surface area contributed by atoms with Crippen molar-refractivity contribution in [2.75, 3.05) is 19.7 Å². The molecule has 22 heavy (non-hydrogen) atoms. The lowest BCUT2D eigenvalue weighted by Gasteiger charge is -2.31. The van der Waals surface area contributed by atoms with Crippen molar-refractivity contribution in [1.29, 1.82) is 0 Å². The number of primary amides is 1. The lowest BCUT2D eigenvalue weighted by molar-refractivity contribution is -0.137. The summed E-state index contributed by atoms with van der Waals surface area (Å²) in [5, 5.41) is 0. The van der Waals surface area contributed by atoms with Gasteiger partial charge in [0.2, 0.25) is 5.91 Å². The zero-order chi connectivity index (χ0) is 16.1. The van der Waals surface area contributed by atoms with Gasteiger partial charge in [0.25, 0.3) is 5.91 Å². The van der Waals surface area contributed by atoms with E-state index in [1.807, 2.05) is 0 Å². The molecule has 0 aliphatic carbocycles. The van der Waals surface area contributed by atoms with E-state index in [1.165, 1.54) is 4.90 Å². The van der Waals surface area contributed by atoms with E-state index >= 15 is 0 Å². The van der Waals surface area contributed by atoms with Crippen molar-refractivity contribution in [3.63, 3.8) is 0 Å². The summed E-state index contributed by atoms with van der Waals surface area (Å²) >= 11 is 3.27. The molecule has 6 nitrogen and oxygen atoms in total. The van der Waals surface area contributed by atoms with Gasteiger partial charge in [-0.15, -0.1) is 0 Å². The molecule has 7 heteroatoms. The van der Waals surface area contributed by atoms with E-state index in [4.69, 9.17) is 10.5 Å². The molecule has 0 radical (unpaired) electrons. The molecule has 2 N–H and O–H groups in total. The summed E-state index contributed by atoms with van der Waals surface area (Å²) in [5.74, 6) is -1.59. The van der Waals surface area contributed by atoms with Crippen molar-refractivity contribution in [1.82, 2.24) is 4.90 Å². The molecular weight excluding hydrogens is 352 g/mol. The predicted octanol–water partition coefficient (Wildman–Crippen LogP) is 1.33. The first-order valence-corrected chi connectivity index (χ1v) is 7.76. The minimum absolute atomic E-state index is 0.294. The fourth-order valence-corrected chi connectivity index (χ4v) is 2.75. The second-order valence-electron chi connectivity index (χ2n) is 5.17. The number of nitrogens with two attached hydrogens (primary N) is 1. The van der Waals surface area contributed by atoms with Crippen LogP contribution in [0.4, 0.5) is 0 Å². The van der Waals surface area contributed by atoms with Crippen LogP contribution in [0.25, 0.3) is 0 Å². The molecule has 2 amide bonds. The van der Waals surface area contributed by atoms with Crippen LogP contribution in [0.15, 0.2) is 28.7 Å². The van der Waals surface area contributed by atoms with Crippen molar-refractivity contribution in [2.45, 2.75) is 12.8 Å². The largest absolute Gasteiger partial charge is 0.452 e. The minimum Gasteiger partial charge on any atom is -0.452 e. The Morgan fingerprint density at radius 1 is 1.36 bits per heavy atom. The highest BCUT2D eigenvalue weighted by atomic mass is 79.9. The van der Waals surface area contributed by atoms with Crippen LogP contribution in [0.2, 0.25) is 0 Å². The van der Waals surface area contributed by atoms with Crippen LogP contribution in [0, 0.1) is 5.92 Å². The van der Waals surface area contributed by atoms with Crippen molar-refractivity contribution >= 4 is 33.7 Å². The number of ether oxygens (including phenoxy) is 1. The van der Waals surface area contributed by atoms with E-state index < -0.39 is 11.9 Å². The Kier molecular flexibility index (Phi) is 5.54. The lowest BCUT2D eigenvalue weighted by Crippen LogP contribution is -2.45. The predicted molar refractivity (Wildman–Crippen MR) is 82.9 cm³/mol. The molecular formula is C15H17BrN2O4. The SMILES string of the molecule is NC(=O)[C@@H]1CCCN(C(=O)COC(=O)c2cccc(Br)c2)C1.